The summed E-state index contributed by atoms with van der Waals surface area (Å²) < 4.78 is 0. The van der Waals surface area contributed by atoms with E-state index in [1.54, 1.807) is 13.8 Å². The van der Waals surface area contributed by atoms with E-state index in [-0.39, 0.29) is 11.0 Å². The molecule has 1 aliphatic rings. The van der Waals surface area contributed by atoms with Gasteiger partial charge in [0.25, 0.3) is 0 Å². The van der Waals surface area contributed by atoms with Crippen LogP contribution in [0.15, 0.2) is 16.9 Å². The van der Waals surface area contributed by atoms with Crippen LogP contribution in [0, 0.1) is 13.8 Å². The van der Waals surface area contributed by atoms with Crippen molar-refractivity contribution >= 4 is 37.2 Å². The van der Waals surface area contributed by atoms with E-state index in [4.69, 9.17) is 0 Å². The Labute approximate surface area is 136 Å². The zero-order valence-electron chi connectivity index (χ0n) is 11.4. The fraction of sp³-hybridized carbons (Fsp3) is 0.462. The predicted molar refractivity (Wildman–Crippen MR) is 95.0 cm³/mol. The molecule has 0 saturated heterocycles. The number of halogens is 2. The van der Waals surface area contributed by atoms with E-state index >= 15 is 0 Å². The third kappa shape index (κ3) is 4.27. The van der Waals surface area contributed by atoms with Gasteiger partial charge in [0.1, 0.15) is 12.2 Å². The van der Waals surface area contributed by atoms with Crippen LogP contribution >= 0.6 is 37.2 Å². The normalized spacial score (nSPS) is 19.6. The first kappa shape index (κ1) is 19.1. The first-order valence-electron chi connectivity index (χ1n) is 5.94. The van der Waals surface area contributed by atoms with Gasteiger partial charge in [-0.05, 0) is 13.8 Å². The number of H-pyrrole nitrogens is 1. The minimum atomic E-state index is -0.925. The fourth-order valence-electron chi connectivity index (χ4n) is 1.79. The molecule has 0 aromatic carbocycles. The fourth-order valence-corrected chi connectivity index (χ4v) is 1.79. The molecule has 0 bridgehead atoms. The summed E-state index contributed by atoms with van der Waals surface area (Å²) >= 11 is 4.24. The van der Waals surface area contributed by atoms with Crippen molar-refractivity contribution in [2.45, 2.75) is 39.9 Å². The van der Waals surface area contributed by atoms with Crippen LogP contribution in [0.25, 0.3) is 0 Å². The number of aromatic nitrogens is 1. The van der Waals surface area contributed by atoms with Gasteiger partial charge in [-0.25, -0.2) is 0 Å². The molecule has 3 N–H and O–H groups in total. The molecule has 0 saturated carbocycles. The van der Waals surface area contributed by atoms with Crippen molar-refractivity contribution in [3.05, 3.63) is 44.9 Å². The van der Waals surface area contributed by atoms with Crippen LogP contribution in [-0.4, -0.2) is 15.2 Å². The molecule has 19 heavy (non-hydrogen) atoms. The van der Waals surface area contributed by atoms with E-state index < -0.39 is 12.2 Å². The number of hydrogen-bond donors (Lipinski definition) is 3. The van der Waals surface area contributed by atoms with Gasteiger partial charge in [0, 0.05) is 48.5 Å². The molecule has 1 aliphatic carbocycles. The summed E-state index contributed by atoms with van der Waals surface area (Å²) in [5, 5.41) is 19.3. The third-order valence-electron chi connectivity index (χ3n) is 2.83. The molecule has 2 atom stereocenters. The lowest BCUT2D eigenvalue weighted by atomic mass is 9.95. The lowest BCUT2D eigenvalue weighted by Crippen LogP contribution is -2.24. The third-order valence-corrected chi connectivity index (χ3v) is 2.83. The average molecular weight is 491 g/mol. The lowest BCUT2D eigenvalue weighted by Gasteiger charge is -2.21. The van der Waals surface area contributed by atoms with Crippen LogP contribution < -0.4 is 5.43 Å². The Morgan fingerprint density at radius 3 is 2.11 bits per heavy atom. The molecule has 1 aromatic heterocycles. The second kappa shape index (κ2) is 9.09. The molecule has 0 fully saturated rings. The highest BCUT2D eigenvalue weighted by molar-refractivity contribution is 15.0. The van der Waals surface area contributed by atoms with Crippen LogP contribution in [0.2, 0.25) is 0 Å². The molecule has 0 aliphatic heterocycles. The van der Waals surface area contributed by atoms with Gasteiger partial charge < -0.3 is 15.2 Å². The molecule has 0 spiro atoms. The highest BCUT2D eigenvalue weighted by Gasteiger charge is 2.24. The van der Waals surface area contributed by atoms with E-state index in [2.05, 4.69) is 42.2 Å². The maximum Gasteiger partial charge on any atom is 0.191 e. The maximum atomic E-state index is 11.9. The molecule has 2 rings (SSSR count). The van der Waals surface area contributed by atoms with Crippen molar-refractivity contribution in [2.24, 2.45) is 0 Å². The van der Waals surface area contributed by atoms with Gasteiger partial charge in [0.15, 0.2) is 5.43 Å². The zero-order valence-corrected chi connectivity index (χ0v) is 15.7. The van der Waals surface area contributed by atoms with Crippen molar-refractivity contribution in [2.75, 3.05) is 0 Å². The predicted octanol–water partition coefficient (Wildman–Crippen LogP) is 3.43. The van der Waals surface area contributed by atoms with E-state index in [0.717, 1.165) is 5.69 Å². The summed E-state index contributed by atoms with van der Waals surface area (Å²) in [7, 11) is 0. The molecule has 1 aromatic rings. The van der Waals surface area contributed by atoms with Crippen LogP contribution in [0.5, 0.6) is 0 Å². The molecular weight excluding hydrogens is 472 g/mol. The molecule has 0 radical (unpaired) electrons. The summed E-state index contributed by atoms with van der Waals surface area (Å²) in [6.07, 6.45) is 1.14. The highest BCUT2D eigenvalue weighted by atomic mass is 128. The Morgan fingerprint density at radius 1 is 1.11 bits per heavy atom. The van der Waals surface area contributed by atoms with Gasteiger partial charge >= 0.3 is 0 Å². The smallest absolute Gasteiger partial charge is 0.191 e. The number of aliphatic hydroxyl groups is 2. The van der Waals surface area contributed by atoms with Gasteiger partial charge in [0.05, 0.1) is 11.3 Å². The number of aromatic amines is 1. The first-order valence-corrected chi connectivity index (χ1v) is 12.2. The quantitative estimate of drug-likeness (QED) is 0.385. The maximum absolute atomic E-state index is 11.9. The number of nitrogens with one attached hydrogen (secondary N) is 1. The molecule has 2 unspecified atom stereocenters. The van der Waals surface area contributed by atoms with Gasteiger partial charge in [-0.1, -0.05) is 26.0 Å². The molecule has 6 heteroatoms. The standard InChI is InChI=1S/C11H13NO3.C2H6.I2/c1-5-6(2)12-10-8(14)4-3-7(13)9(10)11(5)15;2*1-2/h3-4,7-8,13-14H,1-2H3,(H,12,15);1-2H3;. The minimum Gasteiger partial charge on any atom is -0.384 e. The van der Waals surface area contributed by atoms with Crippen LogP contribution in [0.4, 0.5) is 0 Å². The topological polar surface area (TPSA) is 73.3 Å². The monoisotopic (exact) mass is 491 g/mol. The number of pyridine rings is 1. The summed E-state index contributed by atoms with van der Waals surface area (Å²) in [5.41, 5.74) is 1.76. The Hall–Kier alpha value is 0.0700. The SMILES string of the molecule is CC.Cc1[nH]c2c(c(=O)c1C)C(O)C=CC2O.II. The summed E-state index contributed by atoms with van der Waals surface area (Å²) in [6, 6.07) is 0. The van der Waals surface area contributed by atoms with Gasteiger partial charge in [-0.3, -0.25) is 4.79 Å². The molecular formula is C13H19I2NO3. The number of aliphatic hydroxyl groups excluding tert-OH is 2. The number of fused-ring (bicyclic) bond motifs is 1. The largest absolute Gasteiger partial charge is 0.384 e. The van der Waals surface area contributed by atoms with Crippen LogP contribution in [0.3, 0.4) is 0 Å². The molecule has 4 nitrogen and oxygen atoms in total. The van der Waals surface area contributed by atoms with Gasteiger partial charge in [0.2, 0.25) is 0 Å². The Morgan fingerprint density at radius 2 is 1.58 bits per heavy atom. The lowest BCUT2D eigenvalue weighted by molar-refractivity contribution is 0.183. The second-order valence-electron chi connectivity index (χ2n) is 3.81. The number of rotatable bonds is 0. The number of hydrogen-bond acceptors (Lipinski definition) is 3. The van der Waals surface area contributed by atoms with E-state index in [1.165, 1.54) is 12.2 Å². The Kier molecular flexibility index (Phi) is 9.12. The first-order chi connectivity index (χ1) is 9.02. The van der Waals surface area contributed by atoms with E-state index in [1.807, 2.05) is 13.8 Å². The molecule has 108 valence electrons. The van der Waals surface area contributed by atoms with Gasteiger partial charge in [-0.2, -0.15) is 0 Å². The zero-order chi connectivity index (χ0) is 15.2. The summed E-state index contributed by atoms with van der Waals surface area (Å²) in [4.78, 5) is 14.8. The number of aryl methyl sites for hydroxylation is 1. The Bertz CT molecular complexity index is 497. The van der Waals surface area contributed by atoms with E-state index in [9.17, 15) is 15.0 Å². The van der Waals surface area contributed by atoms with Crippen molar-refractivity contribution in [1.82, 2.24) is 4.98 Å². The molecule has 1 heterocycles. The van der Waals surface area contributed by atoms with Crippen LogP contribution in [-0.2, 0) is 0 Å². The van der Waals surface area contributed by atoms with Gasteiger partial charge in [-0.15, -0.1) is 0 Å². The van der Waals surface area contributed by atoms with Crippen molar-refractivity contribution in [3.63, 3.8) is 0 Å². The second-order valence-corrected chi connectivity index (χ2v) is 3.81. The summed E-state index contributed by atoms with van der Waals surface area (Å²) in [6.45, 7) is 7.47. The van der Waals surface area contributed by atoms with Crippen LogP contribution in [0.1, 0.15) is 48.6 Å². The van der Waals surface area contributed by atoms with E-state index in [0.29, 0.717) is 11.3 Å². The minimum absolute atomic E-state index is 0.197. The average Bonchev–Trinajstić information content (AvgIpc) is 2.44. The van der Waals surface area contributed by atoms with Crippen molar-refractivity contribution < 1.29 is 10.2 Å². The molecule has 0 amide bonds. The van der Waals surface area contributed by atoms with Crippen molar-refractivity contribution in [3.8, 4) is 0 Å². The summed E-state index contributed by atoms with van der Waals surface area (Å²) in [5.74, 6) is 0. The van der Waals surface area contributed by atoms with Crippen molar-refractivity contribution in [1.29, 1.82) is 0 Å². The Balaban J connectivity index is 0.000000741. The highest BCUT2D eigenvalue weighted by Crippen LogP contribution is 2.27.